The lowest BCUT2D eigenvalue weighted by Crippen LogP contribution is -2.12. The van der Waals surface area contributed by atoms with Crippen molar-refractivity contribution in [2.45, 2.75) is 26.9 Å². The molecule has 1 amide bonds. The number of carbonyl (C=O) groups excluding carboxylic acids is 2. The average molecular weight is 373 g/mol. The number of para-hydroxylation sites is 1. The van der Waals surface area contributed by atoms with Gasteiger partial charge in [0.05, 0.1) is 6.42 Å². The van der Waals surface area contributed by atoms with Crippen LogP contribution in [0.2, 0.25) is 0 Å². The van der Waals surface area contributed by atoms with Crippen LogP contribution < -0.4 is 5.32 Å². The molecule has 4 nitrogen and oxygen atoms in total. The molecule has 142 valence electrons. The number of ether oxygens (including phenoxy) is 1. The molecule has 0 aliphatic carbocycles. The summed E-state index contributed by atoms with van der Waals surface area (Å²) < 4.78 is 5.36. The molecule has 0 bridgehead atoms. The molecule has 0 fully saturated rings. The van der Waals surface area contributed by atoms with Gasteiger partial charge in [-0.3, -0.25) is 9.59 Å². The molecule has 3 aromatic carbocycles. The zero-order valence-corrected chi connectivity index (χ0v) is 16.1. The standard InChI is InChI=1S/C24H23NO3/c1-17-8-9-20(14-18(17)2)15-23(26)28-16-19-10-12-21(13-11-19)24(27)25-22-6-4-3-5-7-22/h3-14H,15-16H2,1-2H3,(H,25,27). The monoisotopic (exact) mass is 373 g/mol. The zero-order valence-electron chi connectivity index (χ0n) is 16.1. The van der Waals surface area contributed by atoms with E-state index >= 15 is 0 Å². The number of amides is 1. The lowest BCUT2D eigenvalue weighted by atomic mass is 10.0. The molecule has 0 unspecified atom stereocenters. The number of benzene rings is 3. The highest BCUT2D eigenvalue weighted by atomic mass is 16.5. The van der Waals surface area contributed by atoms with Gasteiger partial charge in [0.15, 0.2) is 0 Å². The molecule has 3 aromatic rings. The first-order valence-corrected chi connectivity index (χ1v) is 9.18. The summed E-state index contributed by atoms with van der Waals surface area (Å²) in [5, 5.41) is 2.84. The van der Waals surface area contributed by atoms with Crippen LogP contribution >= 0.6 is 0 Å². The van der Waals surface area contributed by atoms with Gasteiger partial charge in [-0.05, 0) is 60.4 Å². The van der Waals surface area contributed by atoms with Crippen molar-refractivity contribution in [1.82, 2.24) is 0 Å². The number of carbonyl (C=O) groups is 2. The van der Waals surface area contributed by atoms with Crippen molar-refractivity contribution in [2.24, 2.45) is 0 Å². The minimum atomic E-state index is -0.269. The van der Waals surface area contributed by atoms with Crippen LogP contribution in [0.25, 0.3) is 0 Å². The van der Waals surface area contributed by atoms with Gasteiger partial charge < -0.3 is 10.1 Å². The number of esters is 1. The van der Waals surface area contributed by atoms with Gasteiger partial charge in [-0.25, -0.2) is 0 Å². The number of anilines is 1. The largest absolute Gasteiger partial charge is 0.461 e. The Morgan fingerprint density at radius 2 is 1.50 bits per heavy atom. The highest BCUT2D eigenvalue weighted by Crippen LogP contribution is 2.13. The maximum atomic E-state index is 12.2. The van der Waals surface area contributed by atoms with E-state index in [9.17, 15) is 9.59 Å². The van der Waals surface area contributed by atoms with Crippen molar-refractivity contribution in [3.8, 4) is 0 Å². The first-order valence-electron chi connectivity index (χ1n) is 9.18. The third kappa shape index (κ3) is 5.30. The number of hydrogen-bond donors (Lipinski definition) is 1. The van der Waals surface area contributed by atoms with E-state index in [0.29, 0.717) is 5.56 Å². The van der Waals surface area contributed by atoms with Crippen LogP contribution in [-0.4, -0.2) is 11.9 Å². The molecule has 0 aromatic heterocycles. The van der Waals surface area contributed by atoms with E-state index in [2.05, 4.69) is 5.32 Å². The van der Waals surface area contributed by atoms with Gasteiger partial charge in [0.25, 0.3) is 5.91 Å². The SMILES string of the molecule is Cc1ccc(CC(=O)OCc2ccc(C(=O)Nc3ccccc3)cc2)cc1C. The second kappa shape index (κ2) is 9.00. The minimum Gasteiger partial charge on any atom is -0.461 e. The van der Waals surface area contributed by atoms with Gasteiger partial charge in [-0.15, -0.1) is 0 Å². The summed E-state index contributed by atoms with van der Waals surface area (Å²) >= 11 is 0. The lowest BCUT2D eigenvalue weighted by Gasteiger charge is -2.08. The van der Waals surface area contributed by atoms with Crippen LogP contribution in [0.4, 0.5) is 5.69 Å². The summed E-state index contributed by atoms with van der Waals surface area (Å²) in [6.45, 7) is 4.26. The molecule has 0 radical (unpaired) electrons. The highest BCUT2D eigenvalue weighted by Gasteiger charge is 2.08. The average Bonchev–Trinajstić information content (AvgIpc) is 2.70. The summed E-state index contributed by atoms with van der Waals surface area (Å²) in [6, 6.07) is 22.3. The van der Waals surface area contributed by atoms with E-state index in [1.807, 2.05) is 62.4 Å². The Hall–Kier alpha value is -3.40. The van der Waals surface area contributed by atoms with Crippen LogP contribution in [0.5, 0.6) is 0 Å². The summed E-state index contributed by atoms with van der Waals surface area (Å²) in [7, 11) is 0. The van der Waals surface area contributed by atoms with Gasteiger partial charge in [-0.2, -0.15) is 0 Å². The molecule has 0 atom stereocenters. The summed E-state index contributed by atoms with van der Waals surface area (Å²) in [6.07, 6.45) is 0.249. The fourth-order valence-corrected chi connectivity index (χ4v) is 2.77. The highest BCUT2D eigenvalue weighted by molar-refractivity contribution is 6.04. The van der Waals surface area contributed by atoms with Crippen LogP contribution in [0.1, 0.15) is 32.6 Å². The quantitative estimate of drug-likeness (QED) is 0.629. The molecule has 1 N–H and O–H groups in total. The molecule has 0 spiro atoms. The fraction of sp³-hybridized carbons (Fsp3) is 0.167. The molecule has 0 aliphatic heterocycles. The van der Waals surface area contributed by atoms with Crippen molar-refractivity contribution >= 4 is 17.6 Å². The Bertz CT molecular complexity index is 963. The predicted octanol–water partition coefficient (Wildman–Crippen LogP) is 4.84. The van der Waals surface area contributed by atoms with Gasteiger partial charge in [-0.1, -0.05) is 48.5 Å². The zero-order chi connectivity index (χ0) is 19.9. The van der Waals surface area contributed by atoms with Gasteiger partial charge >= 0.3 is 5.97 Å². The summed E-state index contributed by atoms with van der Waals surface area (Å²) in [5.74, 6) is -0.446. The van der Waals surface area contributed by atoms with Gasteiger partial charge in [0, 0.05) is 11.3 Å². The topological polar surface area (TPSA) is 55.4 Å². The number of aryl methyl sites for hydroxylation is 2. The minimum absolute atomic E-state index is 0.176. The molecule has 4 heteroatoms. The van der Waals surface area contributed by atoms with Crippen LogP contribution in [0.15, 0.2) is 72.8 Å². The van der Waals surface area contributed by atoms with Crippen molar-refractivity contribution < 1.29 is 14.3 Å². The Kier molecular flexibility index (Phi) is 6.22. The molecular formula is C24H23NO3. The second-order valence-corrected chi connectivity index (χ2v) is 6.77. The van der Waals surface area contributed by atoms with Crippen LogP contribution in [0, 0.1) is 13.8 Å². The smallest absolute Gasteiger partial charge is 0.310 e. The van der Waals surface area contributed by atoms with Crippen LogP contribution in [-0.2, 0) is 22.6 Å². The maximum Gasteiger partial charge on any atom is 0.310 e. The molecular weight excluding hydrogens is 350 g/mol. The third-order valence-corrected chi connectivity index (χ3v) is 4.57. The maximum absolute atomic E-state index is 12.2. The summed E-state index contributed by atoms with van der Waals surface area (Å²) in [4.78, 5) is 24.3. The first-order chi connectivity index (χ1) is 13.5. The van der Waals surface area contributed by atoms with Crippen molar-refractivity contribution in [2.75, 3.05) is 5.32 Å². The van der Waals surface area contributed by atoms with Crippen molar-refractivity contribution in [3.63, 3.8) is 0 Å². The van der Waals surface area contributed by atoms with Gasteiger partial charge in [0.1, 0.15) is 6.61 Å². The molecule has 0 saturated carbocycles. The Morgan fingerprint density at radius 1 is 0.821 bits per heavy atom. The van der Waals surface area contributed by atoms with Gasteiger partial charge in [0.2, 0.25) is 0 Å². The van der Waals surface area contributed by atoms with E-state index in [1.165, 1.54) is 5.56 Å². The normalized spacial score (nSPS) is 10.4. The van der Waals surface area contributed by atoms with Crippen molar-refractivity contribution in [3.05, 3.63) is 101 Å². The second-order valence-electron chi connectivity index (χ2n) is 6.77. The van der Waals surface area contributed by atoms with Crippen molar-refractivity contribution in [1.29, 1.82) is 0 Å². The number of rotatable bonds is 6. The van der Waals surface area contributed by atoms with E-state index in [4.69, 9.17) is 4.74 Å². The number of nitrogens with one attached hydrogen (secondary N) is 1. The third-order valence-electron chi connectivity index (χ3n) is 4.57. The Morgan fingerprint density at radius 3 is 2.18 bits per heavy atom. The lowest BCUT2D eigenvalue weighted by molar-refractivity contribution is -0.144. The van der Waals surface area contributed by atoms with E-state index in [-0.39, 0.29) is 24.9 Å². The molecule has 28 heavy (non-hydrogen) atoms. The van der Waals surface area contributed by atoms with E-state index in [0.717, 1.165) is 22.4 Å². The predicted molar refractivity (Wildman–Crippen MR) is 110 cm³/mol. The first kappa shape index (κ1) is 19.4. The van der Waals surface area contributed by atoms with E-state index < -0.39 is 0 Å². The number of hydrogen-bond acceptors (Lipinski definition) is 3. The van der Waals surface area contributed by atoms with E-state index in [1.54, 1.807) is 24.3 Å². The van der Waals surface area contributed by atoms with Crippen LogP contribution in [0.3, 0.4) is 0 Å². The molecule has 0 saturated heterocycles. The molecule has 3 rings (SSSR count). The Balaban J connectivity index is 1.51. The fourth-order valence-electron chi connectivity index (χ4n) is 2.77. The summed E-state index contributed by atoms with van der Waals surface area (Å²) in [5.41, 5.74) is 5.44. The Labute approximate surface area is 165 Å². The molecule has 0 heterocycles. The molecule has 0 aliphatic rings.